The van der Waals surface area contributed by atoms with Crippen LogP contribution in [0.15, 0.2) is 40.5 Å². The molecule has 0 bridgehead atoms. The number of nitrogens with zero attached hydrogens (tertiary/aromatic N) is 3. The van der Waals surface area contributed by atoms with Crippen LogP contribution in [0.5, 0.6) is 0 Å². The van der Waals surface area contributed by atoms with E-state index in [0.29, 0.717) is 0 Å². The Morgan fingerprint density at radius 2 is 2.04 bits per heavy atom. The third kappa shape index (κ3) is 3.93. The first-order valence-corrected chi connectivity index (χ1v) is 12.0. The first kappa shape index (κ1) is 18.3. The summed E-state index contributed by atoms with van der Waals surface area (Å²) >= 11 is 5.41. The van der Waals surface area contributed by atoms with E-state index in [9.17, 15) is 0 Å². The Labute approximate surface area is 167 Å². The van der Waals surface area contributed by atoms with Crippen molar-refractivity contribution in [3.05, 3.63) is 46.3 Å². The normalized spacial score (nSPS) is 14.7. The van der Waals surface area contributed by atoms with Crippen LogP contribution in [-0.2, 0) is 19.4 Å². The van der Waals surface area contributed by atoms with Crippen LogP contribution in [-0.4, -0.2) is 40.5 Å². The fraction of sp³-hybridized carbons (Fsp3) is 0.400. The van der Waals surface area contributed by atoms with Crippen LogP contribution in [0, 0.1) is 0 Å². The molecule has 0 aliphatic carbocycles. The largest absolute Gasteiger partial charge is 0.301 e. The highest BCUT2D eigenvalue weighted by molar-refractivity contribution is 7.99. The minimum absolute atomic E-state index is 0.898. The minimum Gasteiger partial charge on any atom is -0.301 e. The van der Waals surface area contributed by atoms with Crippen LogP contribution in [0.25, 0.3) is 10.2 Å². The summed E-state index contributed by atoms with van der Waals surface area (Å²) in [4.78, 5) is 14.7. The summed E-state index contributed by atoms with van der Waals surface area (Å²) in [6.07, 6.45) is 5.48. The van der Waals surface area contributed by atoms with Gasteiger partial charge in [0.15, 0.2) is 5.16 Å². The molecule has 0 spiro atoms. The summed E-state index contributed by atoms with van der Waals surface area (Å²) in [5.74, 6) is 1.10. The van der Waals surface area contributed by atoms with Gasteiger partial charge in [-0.25, -0.2) is 9.97 Å². The summed E-state index contributed by atoms with van der Waals surface area (Å²) < 4.78 is 0. The summed E-state index contributed by atoms with van der Waals surface area (Å²) in [7, 11) is 2.20. The van der Waals surface area contributed by atoms with Crippen molar-refractivity contribution >= 4 is 45.1 Å². The van der Waals surface area contributed by atoms with E-state index < -0.39 is 0 Å². The average Bonchev–Trinajstić information content (AvgIpc) is 3.03. The Kier molecular flexibility index (Phi) is 5.84. The van der Waals surface area contributed by atoms with Gasteiger partial charge >= 0.3 is 0 Å². The lowest BCUT2D eigenvalue weighted by molar-refractivity contribution is 0.318. The van der Waals surface area contributed by atoms with Gasteiger partial charge in [-0.2, -0.15) is 0 Å². The number of hydrogen-bond acceptors (Lipinski definition) is 6. The van der Waals surface area contributed by atoms with E-state index in [-0.39, 0.29) is 0 Å². The molecule has 26 heavy (non-hydrogen) atoms. The van der Waals surface area contributed by atoms with E-state index in [1.54, 1.807) is 11.8 Å². The van der Waals surface area contributed by atoms with Crippen molar-refractivity contribution in [2.45, 2.75) is 36.0 Å². The maximum Gasteiger partial charge on any atom is 0.189 e. The molecule has 3 nitrogen and oxygen atoms in total. The molecule has 136 valence electrons. The lowest BCUT2D eigenvalue weighted by atomic mass is 10.1. The molecule has 3 aromatic rings. The monoisotopic (exact) mass is 401 g/mol. The van der Waals surface area contributed by atoms with E-state index in [1.165, 1.54) is 37.7 Å². The molecule has 0 unspecified atom stereocenters. The SMILES string of the molecule is CSc1nc(SCCCc2ccccc2)c2c3c(sc2n1)CN(C)CC3. The second-order valence-electron chi connectivity index (χ2n) is 6.62. The van der Waals surface area contributed by atoms with Gasteiger partial charge in [0, 0.05) is 23.4 Å². The molecule has 0 atom stereocenters. The molecule has 0 amide bonds. The van der Waals surface area contributed by atoms with Gasteiger partial charge in [-0.3, -0.25) is 0 Å². The molecule has 3 heterocycles. The number of likely N-dealkylation sites (N-methyl/N-ethyl adjacent to an activating group) is 1. The standard InChI is InChI=1S/C20H23N3S3/c1-23-11-10-15-16(13-23)26-19-17(15)18(21-20(22-19)24-2)25-12-6-9-14-7-4-3-5-8-14/h3-5,7-8H,6,9-13H2,1-2H3. The Morgan fingerprint density at radius 3 is 2.85 bits per heavy atom. The highest BCUT2D eigenvalue weighted by atomic mass is 32.2. The number of hydrogen-bond donors (Lipinski definition) is 0. The predicted octanol–water partition coefficient (Wildman–Crippen LogP) is 5.13. The van der Waals surface area contributed by atoms with Crippen molar-refractivity contribution in [1.29, 1.82) is 0 Å². The summed E-state index contributed by atoms with van der Waals surface area (Å²) in [6, 6.07) is 10.7. The van der Waals surface area contributed by atoms with Gasteiger partial charge in [-0.05, 0) is 49.4 Å². The Hall–Kier alpha value is -1.08. The molecule has 2 aromatic heterocycles. The summed E-state index contributed by atoms with van der Waals surface area (Å²) in [5.41, 5.74) is 2.92. The summed E-state index contributed by atoms with van der Waals surface area (Å²) in [6.45, 7) is 2.17. The van der Waals surface area contributed by atoms with Crippen molar-refractivity contribution < 1.29 is 0 Å². The molecule has 1 aliphatic heterocycles. The number of aryl methyl sites for hydroxylation is 1. The summed E-state index contributed by atoms with van der Waals surface area (Å²) in [5, 5.41) is 3.42. The van der Waals surface area contributed by atoms with Crippen LogP contribution < -0.4 is 0 Å². The minimum atomic E-state index is 0.898. The molecule has 1 aromatic carbocycles. The first-order chi connectivity index (χ1) is 12.7. The van der Waals surface area contributed by atoms with E-state index in [4.69, 9.17) is 9.97 Å². The van der Waals surface area contributed by atoms with Gasteiger partial charge in [0.2, 0.25) is 0 Å². The van der Waals surface area contributed by atoms with Crippen molar-refractivity contribution in [2.24, 2.45) is 0 Å². The molecule has 6 heteroatoms. The lowest BCUT2D eigenvalue weighted by Crippen LogP contribution is -2.25. The fourth-order valence-corrected chi connectivity index (χ4v) is 6.20. The fourth-order valence-electron chi connectivity index (χ4n) is 3.36. The number of fused-ring (bicyclic) bond motifs is 3. The smallest absolute Gasteiger partial charge is 0.189 e. The van der Waals surface area contributed by atoms with Gasteiger partial charge < -0.3 is 4.90 Å². The highest BCUT2D eigenvalue weighted by Gasteiger charge is 2.23. The lowest BCUT2D eigenvalue weighted by Gasteiger charge is -2.22. The maximum absolute atomic E-state index is 4.87. The topological polar surface area (TPSA) is 29.0 Å². The van der Waals surface area contributed by atoms with Gasteiger partial charge in [0.1, 0.15) is 9.86 Å². The quantitative estimate of drug-likeness (QED) is 0.247. The molecule has 0 N–H and O–H groups in total. The van der Waals surface area contributed by atoms with E-state index in [2.05, 4.69) is 48.5 Å². The number of benzene rings is 1. The van der Waals surface area contributed by atoms with Crippen LogP contribution in [0.2, 0.25) is 0 Å². The second-order valence-corrected chi connectivity index (χ2v) is 9.57. The van der Waals surface area contributed by atoms with E-state index in [1.807, 2.05) is 23.1 Å². The van der Waals surface area contributed by atoms with Crippen LogP contribution >= 0.6 is 34.9 Å². The molecule has 0 saturated carbocycles. The van der Waals surface area contributed by atoms with Gasteiger partial charge in [0.05, 0.1) is 0 Å². The van der Waals surface area contributed by atoms with Gasteiger partial charge in [0.25, 0.3) is 0 Å². The van der Waals surface area contributed by atoms with Crippen molar-refractivity contribution in [2.75, 3.05) is 25.6 Å². The Morgan fingerprint density at radius 1 is 1.19 bits per heavy atom. The maximum atomic E-state index is 4.87. The van der Waals surface area contributed by atoms with Gasteiger partial charge in [-0.1, -0.05) is 42.1 Å². The average molecular weight is 402 g/mol. The van der Waals surface area contributed by atoms with Crippen LogP contribution in [0.3, 0.4) is 0 Å². The van der Waals surface area contributed by atoms with Crippen molar-refractivity contribution in [3.63, 3.8) is 0 Å². The Bertz CT molecular complexity index is 892. The van der Waals surface area contributed by atoms with Crippen molar-refractivity contribution in [3.8, 4) is 0 Å². The number of aromatic nitrogens is 2. The zero-order valence-electron chi connectivity index (χ0n) is 15.2. The molecular formula is C20H23N3S3. The molecule has 0 saturated heterocycles. The van der Waals surface area contributed by atoms with Crippen LogP contribution in [0.4, 0.5) is 0 Å². The van der Waals surface area contributed by atoms with Crippen molar-refractivity contribution in [1.82, 2.24) is 14.9 Å². The molecule has 4 rings (SSSR count). The molecule has 0 fully saturated rings. The first-order valence-electron chi connectivity index (χ1n) is 8.96. The second kappa shape index (κ2) is 8.30. The zero-order chi connectivity index (χ0) is 17.9. The molecular weight excluding hydrogens is 378 g/mol. The van der Waals surface area contributed by atoms with Gasteiger partial charge in [-0.15, -0.1) is 23.1 Å². The highest BCUT2D eigenvalue weighted by Crippen LogP contribution is 2.39. The number of rotatable bonds is 6. The molecule has 1 aliphatic rings. The predicted molar refractivity (Wildman–Crippen MR) is 115 cm³/mol. The molecule has 0 radical (unpaired) electrons. The van der Waals surface area contributed by atoms with E-state index >= 15 is 0 Å². The number of thioether (sulfide) groups is 2. The van der Waals surface area contributed by atoms with Crippen LogP contribution in [0.1, 0.15) is 22.4 Å². The zero-order valence-corrected chi connectivity index (χ0v) is 17.6. The van der Waals surface area contributed by atoms with E-state index in [0.717, 1.165) is 36.8 Å². The number of thiophene rings is 1. The Balaban J connectivity index is 1.55. The third-order valence-electron chi connectivity index (χ3n) is 4.71. The third-order valence-corrected chi connectivity index (χ3v) is 7.43.